The fourth-order valence-electron chi connectivity index (χ4n) is 1.04. The van der Waals surface area contributed by atoms with Crippen LogP contribution in [0.3, 0.4) is 0 Å². The first-order valence-corrected chi connectivity index (χ1v) is 4.92. The highest BCUT2D eigenvalue weighted by atomic mass is 16.5. The topological polar surface area (TPSA) is 52.3 Å². The Kier molecular flexibility index (Phi) is 3.35. The van der Waals surface area contributed by atoms with E-state index in [1.54, 1.807) is 24.3 Å². The summed E-state index contributed by atoms with van der Waals surface area (Å²) in [6.45, 7) is 6.41. The molecule has 1 rings (SSSR count). The van der Waals surface area contributed by atoms with Gasteiger partial charge in [-0.3, -0.25) is 0 Å². The van der Waals surface area contributed by atoms with Crippen LogP contribution in [0.2, 0.25) is 0 Å². The third kappa shape index (κ3) is 3.62. The van der Waals surface area contributed by atoms with E-state index >= 15 is 0 Å². The van der Waals surface area contributed by atoms with Gasteiger partial charge in [0.05, 0.1) is 12.2 Å². The lowest BCUT2D eigenvalue weighted by atomic mass is 9.99. The fraction of sp³-hybridized carbons (Fsp3) is 0.417. The minimum absolute atomic E-state index is 0.0286. The highest BCUT2D eigenvalue weighted by Crippen LogP contribution is 2.16. The Hall–Kier alpha value is -1.51. The quantitative estimate of drug-likeness (QED) is 0.598. The summed E-state index contributed by atoms with van der Waals surface area (Å²) in [5.41, 5.74) is 6.52. The van der Waals surface area contributed by atoms with E-state index < -0.39 is 0 Å². The van der Waals surface area contributed by atoms with Crippen molar-refractivity contribution in [2.45, 2.75) is 20.8 Å². The number of rotatable bonds is 2. The van der Waals surface area contributed by atoms with Gasteiger partial charge < -0.3 is 10.5 Å². The molecule has 2 N–H and O–H groups in total. The molecule has 0 spiro atoms. The number of carbonyl (C=O) groups excluding carboxylic acids is 1. The molecule has 0 amide bonds. The van der Waals surface area contributed by atoms with E-state index in [-0.39, 0.29) is 11.4 Å². The smallest absolute Gasteiger partial charge is 0.340 e. The molecule has 0 saturated carbocycles. The van der Waals surface area contributed by atoms with Gasteiger partial charge in [0.2, 0.25) is 0 Å². The van der Waals surface area contributed by atoms with Crippen LogP contribution in [0, 0.1) is 5.41 Å². The number of nitrogens with two attached hydrogens (primary N) is 1. The van der Waals surface area contributed by atoms with Gasteiger partial charge in [0.1, 0.15) is 0 Å². The molecule has 3 nitrogen and oxygen atoms in total. The van der Waals surface area contributed by atoms with Crippen molar-refractivity contribution in [3.63, 3.8) is 0 Å². The average Bonchev–Trinajstić information content (AvgIpc) is 2.14. The SMILES string of the molecule is CC(C)(C)COC(=O)c1ccccc1N. The van der Waals surface area contributed by atoms with Crippen molar-refractivity contribution in [2.24, 2.45) is 5.41 Å². The van der Waals surface area contributed by atoms with Gasteiger partial charge in [0.15, 0.2) is 0 Å². The summed E-state index contributed by atoms with van der Waals surface area (Å²) in [5, 5.41) is 0. The summed E-state index contributed by atoms with van der Waals surface area (Å²) in [6, 6.07) is 6.91. The fourth-order valence-corrected chi connectivity index (χ4v) is 1.04. The maximum Gasteiger partial charge on any atom is 0.340 e. The molecular formula is C12H17NO2. The third-order valence-electron chi connectivity index (χ3n) is 1.82. The summed E-state index contributed by atoms with van der Waals surface area (Å²) < 4.78 is 5.15. The third-order valence-corrected chi connectivity index (χ3v) is 1.82. The minimum atomic E-state index is -0.358. The van der Waals surface area contributed by atoms with Crippen LogP contribution in [0.15, 0.2) is 24.3 Å². The van der Waals surface area contributed by atoms with Crippen LogP contribution in [-0.2, 0) is 4.74 Å². The number of anilines is 1. The van der Waals surface area contributed by atoms with Gasteiger partial charge in [-0.15, -0.1) is 0 Å². The van der Waals surface area contributed by atoms with Crippen molar-refractivity contribution in [2.75, 3.05) is 12.3 Å². The van der Waals surface area contributed by atoms with E-state index in [4.69, 9.17) is 10.5 Å². The molecule has 0 unspecified atom stereocenters. The Morgan fingerprint density at radius 3 is 2.47 bits per heavy atom. The molecule has 0 aliphatic rings. The van der Waals surface area contributed by atoms with Gasteiger partial charge >= 0.3 is 5.97 Å². The Labute approximate surface area is 90.2 Å². The maximum absolute atomic E-state index is 11.6. The second-order valence-corrected chi connectivity index (χ2v) is 4.72. The number of carbonyl (C=O) groups is 1. The van der Waals surface area contributed by atoms with Crippen molar-refractivity contribution in [1.29, 1.82) is 0 Å². The van der Waals surface area contributed by atoms with Crippen LogP contribution in [0.1, 0.15) is 31.1 Å². The number of ether oxygens (including phenoxy) is 1. The lowest BCUT2D eigenvalue weighted by Crippen LogP contribution is -2.19. The van der Waals surface area contributed by atoms with E-state index in [1.807, 2.05) is 20.8 Å². The number of hydrogen-bond donors (Lipinski definition) is 1. The highest BCUT2D eigenvalue weighted by molar-refractivity contribution is 5.94. The van der Waals surface area contributed by atoms with Crippen molar-refractivity contribution in [1.82, 2.24) is 0 Å². The molecule has 0 radical (unpaired) electrons. The van der Waals surface area contributed by atoms with Gasteiger partial charge in [-0.2, -0.15) is 0 Å². The second-order valence-electron chi connectivity index (χ2n) is 4.72. The van der Waals surface area contributed by atoms with Crippen LogP contribution in [0.4, 0.5) is 5.69 Å². The normalized spacial score (nSPS) is 11.1. The van der Waals surface area contributed by atoms with Gasteiger partial charge in [0.25, 0.3) is 0 Å². The van der Waals surface area contributed by atoms with Crippen LogP contribution in [0.25, 0.3) is 0 Å². The first-order valence-electron chi connectivity index (χ1n) is 4.92. The van der Waals surface area contributed by atoms with Crippen molar-refractivity contribution in [3.05, 3.63) is 29.8 Å². The van der Waals surface area contributed by atoms with Gasteiger partial charge in [0, 0.05) is 5.69 Å². The molecule has 82 valence electrons. The number of hydrogen-bond acceptors (Lipinski definition) is 3. The zero-order valence-corrected chi connectivity index (χ0v) is 9.41. The highest BCUT2D eigenvalue weighted by Gasteiger charge is 2.16. The first kappa shape index (κ1) is 11.6. The Bertz CT molecular complexity index is 353. The van der Waals surface area contributed by atoms with Crippen LogP contribution in [-0.4, -0.2) is 12.6 Å². The summed E-state index contributed by atoms with van der Waals surface area (Å²) in [7, 11) is 0. The summed E-state index contributed by atoms with van der Waals surface area (Å²) in [4.78, 5) is 11.6. The minimum Gasteiger partial charge on any atom is -0.461 e. The lowest BCUT2D eigenvalue weighted by molar-refractivity contribution is 0.0368. The Morgan fingerprint density at radius 2 is 1.93 bits per heavy atom. The summed E-state index contributed by atoms with van der Waals surface area (Å²) in [5.74, 6) is -0.358. The Morgan fingerprint density at radius 1 is 1.33 bits per heavy atom. The van der Waals surface area contributed by atoms with E-state index in [1.165, 1.54) is 0 Å². The zero-order valence-electron chi connectivity index (χ0n) is 9.41. The van der Waals surface area contributed by atoms with Gasteiger partial charge in [-0.1, -0.05) is 32.9 Å². The Balaban J connectivity index is 2.66. The molecule has 0 aliphatic heterocycles. The molecule has 1 aromatic rings. The standard InChI is InChI=1S/C12H17NO2/c1-12(2,3)8-15-11(14)9-6-4-5-7-10(9)13/h4-7H,8,13H2,1-3H3. The molecule has 0 fully saturated rings. The molecule has 0 atom stereocenters. The molecule has 15 heavy (non-hydrogen) atoms. The molecule has 0 aliphatic carbocycles. The van der Waals surface area contributed by atoms with E-state index in [0.29, 0.717) is 17.9 Å². The van der Waals surface area contributed by atoms with Crippen molar-refractivity contribution < 1.29 is 9.53 Å². The molecular weight excluding hydrogens is 190 g/mol. The predicted octanol–water partition coefficient (Wildman–Crippen LogP) is 2.47. The van der Waals surface area contributed by atoms with Crippen LogP contribution < -0.4 is 5.73 Å². The van der Waals surface area contributed by atoms with E-state index in [2.05, 4.69) is 0 Å². The zero-order chi connectivity index (χ0) is 11.5. The van der Waals surface area contributed by atoms with E-state index in [0.717, 1.165) is 0 Å². The molecule has 0 bridgehead atoms. The molecule has 1 aromatic carbocycles. The van der Waals surface area contributed by atoms with Gasteiger partial charge in [-0.25, -0.2) is 4.79 Å². The monoisotopic (exact) mass is 207 g/mol. The lowest BCUT2D eigenvalue weighted by Gasteiger charge is -2.18. The van der Waals surface area contributed by atoms with Crippen molar-refractivity contribution in [3.8, 4) is 0 Å². The van der Waals surface area contributed by atoms with E-state index in [9.17, 15) is 4.79 Å². The maximum atomic E-state index is 11.6. The number of esters is 1. The molecule has 0 aromatic heterocycles. The summed E-state index contributed by atoms with van der Waals surface area (Å²) in [6.07, 6.45) is 0. The second kappa shape index (κ2) is 4.34. The average molecular weight is 207 g/mol. The summed E-state index contributed by atoms with van der Waals surface area (Å²) >= 11 is 0. The number of para-hydroxylation sites is 1. The predicted molar refractivity (Wildman–Crippen MR) is 60.6 cm³/mol. The first-order chi connectivity index (χ1) is 6.90. The van der Waals surface area contributed by atoms with Crippen molar-refractivity contribution >= 4 is 11.7 Å². The number of nitrogen functional groups attached to an aromatic ring is 1. The van der Waals surface area contributed by atoms with Crippen LogP contribution in [0.5, 0.6) is 0 Å². The number of benzene rings is 1. The van der Waals surface area contributed by atoms with Crippen LogP contribution >= 0.6 is 0 Å². The molecule has 3 heteroatoms. The molecule has 0 saturated heterocycles. The molecule has 0 heterocycles. The van der Waals surface area contributed by atoms with Gasteiger partial charge in [-0.05, 0) is 17.5 Å². The largest absolute Gasteiger partial charge is 0.461 e.